The summed E-state index contributed by atoms with van der Waals surface area (Å²) in [5.41, 5.74) is -0.314. The third-order valence-corrected chi connectivity index (χ3v) is 2.96. The van der Waals surface area contributed by atoms with Crippen LogP contribution in [0.25, 0.3) is 0 Å². The number of ether oxygens (including phenoxy) is 1. The molecule has 0 spiro atoms. The van der Waals surface area contributed by atoms with Gasteiger partial charge in [-0.2, -0.15) is 0 Å². The van der Waals surface area contributed by atoms with Gasteiger partial charge >= 0.3 is 89.6 Å². The van der Waals surface area contributed by atoms with Crippen molar-refractivity contribution in [2.75, 3.05) is 7.11 Å². The minimum atomic E-state index is -4.29. The fraction of sp³-hybridized carbons (Fsp3) is 0.333. The molecule has 15 heavy (non-hydrogen) atoms. The van der Waals surface area contributed by atoms with Crippen molar-refractivity contribution in [3.63, 3.8) is 0 Å². The van der Waals surface area contributed by atoms with E-state index in [2.05, 4.69) is 0 Å². The van der Waals surface area contributed by atoms with Gasteiger partial charge in [-0.05, 0) is 0 Å². The fourth-order valence-electron chi connectivity index (χ4n) is 1.28. The Labute approximate surface area is 106 Å². The van der Waals surface area contributed by atoms with Gasteiger partial charge in [0.25, 0.3) is 0 Å². The molecule has 0 amide bonds. The van der Waals surface area contributed by atoms with Crippen molar-refractivity contribution >= 4 is 0 Å². The van der Waals surface area contributed by atoms with Gasteiger partial charge < -0.3 is 17.0 Å². The zero-order chi connectivity index (χ0) is 10.8. The number of alkyl halides is 3. The van der Waals surface area contributed by atoms with E-state index in [1.807, 2.05) is 0 Å². The van der Waals surface area contributed by atoms with E-state index in [0.29, 0.717) is 10.8 Å². The molecule has 0 saturated carbocycles. The van der Waals surface area contributed by atoms with E-state index in [1.165, 1.54) is 13.2 Å². The van der Waals surface area contributed by atoms with Crippen LogP contribution >= 0.6 is 0 Å². The van der Waals surface area contributed by atoms with Crippen LogP contribution in [-0.4, -0.2) is 7.11 Å². The smallest absolute Gasteiger partial charge is 1.00 e. The first kappa shape index (κ1) is 14.9. The van der Waals surface area contributed by atoms with Crippen LogP contribution in [0.15, 0.2) is 18.2 Å². The van der Waals surface area contributed by atoms with Crippen LogP contribution < -0.4 is 21.7 Å². The van der Waals surface area contributed by atoms with E-state index in [-0.39, 0.29) is 22.5 Å². The normalized spacial score (nSPS) is 10.8. The fourth-order valence-corrected chi connectivity index (χ4v) is 2.36. The third kappa shape index (κ3) is 3.45. The number of rotatable bonds is 2. The standard InChI is InChI=1S/C9H8F3O.BrH.Zn/c1-6-7(9(10,11)12)4-3-5-8(6)13-2;;/h3-5H,1H2,2H3;1H;/q;;+1/p-1. The van der Waals surface area contributed by atoms with E-state index in [9.17, 15) is 13.2 Å². The Balaban J connectivity index is 0.00000196. The summed E-state index contributed by atoms with van der Waals surface area (Å²) in [6.07, 6.45) is -4.29. The molecule has 0 bridgehead atoms. The van der Waals surface area contributed by atoms with Gasteiger partial charge in [0.1, 0.15) is 0 Å². The van der Waals surface area contributed by atoms with E-state index in [1.54, 1.807) is 6.07 Å². The Morgan fingerprint density at radius 1 is 1.33 bits per heavy atom. The molecule has 0 aromatic heterocycles. The molecule has 0 aliphatic carbocycles. The number of methoxy groups -OCH3 is 1. The minimum Gasteiger partial charge on any atom is -1.00 e. The first-order valence-corrected chi connectivity index (χ1v) is 6.12. The first-order chi connectivity index (χ1) is 6.50. The summed E-state index contributed by atoms with van der Waals surface area (Å²) < 4.78 is 42.4. The van der Waals surface area contributed by atoms with Gasteiger partial charge in [-0.3, -0.25) is 0 Å². The molecule has 0 heterocycles. The zero-order valence-corrected chi connectivity index (χ0v) is 12.6. The summed E-state index contributed by atoms with van der Waals surface area (Å²) in [5.74, 6) is 0.325. The van der Waals surface area contributed by atoms with Crippen LogP contribution in [-0.2, 0) is 29.5 Å². The predicted octanol–water partition coefficient (Wildman–Crippen LogP) is -0.235. The minimum absolute atomic E-state index is 0. The van der Waals surface area contributed by atoms with Gasteiger partial charge in [-0.25, -0.2) is 0 Å². The maximum Gasteiger partial charge on any atom is -1.00 e. The molecule has 80 valence electrons. The van der Waals surface area contributed by atoms with Gasteiger partial charge in [-0.15, -0.1) is 0 Å². The summed E-state index contributed by atoms with van der Waals surface area (Å²) in [6.45, 7) is 0. The maximum absolute atomic E-state index is 12.5. The second kappa shape index (κ2) is 5.85. The second-order valence-corrected chi connectivity index (χ2v) is 3.78. The van der Waals surface area contributed by atoms with Crippen molar-refractivity contribution in [1.82, 2.24) is 0 Å². The Bertz CT molecular complexity index is 328. The van der Waals surface area contributed by atoms with Crippen molar-refractivity contribution in [1.29, 1.82) is 0 Å². The maximum atomic E-state index is 12.5. The average Bonchev–Trinajstić information content (AvgIpc) is 2.15. The molecule has 1 aromatic carbocycles. The van der Waals surface area contributed by atoms with Crippen molar-refractivity contribution in [3.05, 3.63) is 29.3 Å². The number of benzene rings is 1. The molecule has 0 saturated heterocycles. The molecule has 0 aliphatic rings. The summed E-state index contributed by atoms with van der Waals surface area (Å²) in [4.78, 5) is 0. The average molecular weight is 334 g/mol. The summed E-state index contributed by atoms with van der Waals surface area (Å²) >= 11 is 0.781. The molecule has 0 fully saturated rings. The molecule has 0 N–H and O–H groups in total. The molecule has 0 aliphatic heterocycles. The van der Waals surface area contributed by atoms with Crippen molar-refractivity contribution in [2.45, 2.75) is 11.2 Å². The Morgan fingerprint density at radius 3 is 2.33 bits per heavy atom. The van der Waals surface area contributed by atoms with Crippen LogP contribution in [0.2, 0.25) is 0 Å². The summed E-state index contributed by atoms with van der Waals surface area (Å²) in [6, 6.07) is 4.01. The van der Waals surface area contributed by atoms with Crippen molar-refractivity contribution in [2.24, 2.45) is 0 Å². The van der Waals surface area contributed by atoms with E-state index < -0.39 is 11.7 Å². The van der Waals surface area contributed by atoms with E-state index in [4.69, 9.17) is 4.74 Å². The van der Waals surface area contributed by atoms with Crippen molar-refractivity contribution in [3.8, 4) is 5.75 Å². The van der Waals surface area contributed by atoms with Crippen LogP contribution in [0.4, 0.5) is 13.2 Å². The van der Waals surface area contributed by atoms with Gasteiger partial charge in [0.15, 0.2) is 0 Å². The number of hydrogen-bond donors (Lipinski definition) is 0. The molecule has 0 radical (unpaired) electrons. The third-order valence-electron chi connectivity index (χ3n) is 1.91. The van der Waals surface area contributed by atoms with Crippen LogP contribution in [0.3, 0.4) is 0 Å². The van der Waals surface area contributed by atoms with Gasteiger partial charge in [-0.1, -0.05) is 0 Å². The van der Waals surface area contributed by atoms with Crippen LogP contribution in [0, 0.1) is 0 Å². The Hall–Kier alpha value is -0.0866. The summed E-state index contributed by atoms with van der Waals surface area (Å²) in [7, 11) is 1.38. The molecule has 0 unspecified atom stereocenters. The molecule has 6 heteroatoms. The summed E-state index contributed by atoms with van der Waals surface area (Å²) in [5, 5.41) is 0.429. The number of halogens is 4. The zero-order valence-electron chi connectivity index (χ0n) is 8.07. The van der Waals surface area contributed by atoms with Crippen molar-refractivity contribution < 1.29 is 53.2 Å². The molecule has 1 rings (SSSR count). The quantitative estimate of drug-likeness (QED) is 0.679. The molecule has 1 aromatic rings. The topological polar surface area (TPSA) is 9.23 Å². The molecule has 0 atom stereocenters. The van der Waals surface area contributed by atoms with Gasteiger partial charge in [0, 0.05) is 0 Å². The van der Waals surface area contributed by atoms with Crippen LogP contribution in [0.1, 0.15) is 11.1 Å². The van der Waals surface area contributed by atoms with Gasteiger partial charge in [0.05, 0.1) is 0 Å². The largest absolute Gasteiger partial charge is 1.00 e. The Kier molecular flexibility index (Phi) is 5.82. The number of hydrogen-bond acceptors (Lipinski definition) is 1. The second-order valence-electron chi connectivity index (χ2n) is 2.73. The van der Waals surface area contributed by atoms with E-state index >= 15 is 0 Å². The SMILES string of the molecule is COc1cccc(C(F)(F)F)c1[CH2][Zn+].[Br-]. The molecule has 1 nitrogen and oxygen atoms in total. The Morgan fingerprint density at radius 2 is 1.93 bits per heavy atom. The van der Waals surface area contributed by atoms with E-state index in [0.717, 1.165) is 24.4 Å². The monoisotopic (exact) mass is 332 g/mol. The molecular weight excluding hydrogens is 326 g/mol. The van der Waals surface area contributed by atoms with Gasteiger partial charge in [0.2, 0.25) is 0 Å². The predicted molar refractivity (Wildman–Crippen MR) is 41.7 cm³/mol. The molecular formula is C9H8BrF3OZn. The van der Waals surface area contributed by atoms with Crippen LogP contribution in [0.5, 0.6) is 5.75 Å². The first-order valence-electron chi connectivity index (χ1n) is 4.03.